The first-order valence-corrected chi connectivity index (χ1v) is 13.7. The number of fused-ring (bicyclic) bond motifs is 9. The fourth-order valence-corrected chi connectivity index (χ4v) is 8.56. The Morgan fingerprint density at radius 3 is 1.62 bits per heavy atom. The predicted molar refractivity (Wildman–Crippen MR) is 148 cm³/mol. The molecule has 0 aliphatic heterocycles. The largest absolute Gasteiger partial charge is 0.570 e. The summed E-state index contributed by atoms with van der Waals surface area (Å²) in [6.45, 7) is 3.76. The molecule has 8 nitrogen and oxygen atoms in total. The van der Waals surface area contributed by atoms with Gasteiger partial charge in [0.15, 0.2) is 10.9 Å². The topological polar surface area (TPSA) is 107 Å². The molecule has 0 fully saturated rings. The van der Waals surface area contributed by atoms with Crippen LogP contribution in [-0.4, -0.2) is 58.3 Å². The second-order valence-electron chi connectivity index (χ2n) is 9.52. The van der Waals surface area contributed by atoms with E-state index in [1.165, 1.54) is 28.4 Å². The highest BCUT2D eigenvalue weighted by molar-refractivity contribution is 7.25. The fraction of sp³-hybridized carbons (Fsp3) is 0.308. The van der Waals surface area contributed by atoms with E-state index in [1.54, 1.807) is 0 Å². The van der Waals surface area contributed by atoms with Crippen LogP contribution in [0.5, 0.6) is 5.06 Å². The SMILES string of the molecule is COC1(OC)c2c(sc(O[B]O)c2F)-c2cc(C)c3c4c(cc(C)c3c21)-c1sc(B(O)O)c(F)c1C4(OC)OC. The Labute approximate surface area is 237 Å². The number of rotatable bonds is 7. The van der Waals surface area contributed by atoms with Gasteiger partial charge in [-0.3, -0.25) is 0 Å². The minimum atomic E-state index is -2.01. The van der Waals surface area contributed by atoms with E-state index < -0.39 is 30.3 Å². The summed E-state index contributed by atoms with van der Waals surface area (Å²) in [6.07, 6.45) is 0. The minimum Gasteiger partial charge on any atom is -0.528 e. The van der Waals surface area contributed by atoms with Crippen molar-refractivity contribution in [1.29, 1.82) is 0 Å². The van der Waals surface area contributed by atoms with Gasteiger partial charge in [0, 0.05) is 55.6 Å². The van der Waals surface area contributed by atoms with Crippen LogP contribution in [0.25, 0.3) is 31.7 Å². The van der Waals surface area contributed by atoms with Crippen molar-refractivity contribution in [3.8, 4) is 25.9 Å². The van der Waals surface area contributed by atoms with Gasteiger partial charge in [-0.15, -0.1) is 11.3 Å². The van der Waals surface area contributed by atoms with Crippen molar-refractivity contribution < 1.29 is 47.5 Å². The molecule has 2 aliphatic rings. The maximum atomic E-state index is 15.8. The fourth-order valence-electron chi connectivity index (χ4n) is 6.38. The monoisotopic (exact) mass is 587 g/mol. The Bertz CT molecular complexity index is 1710. The molecule has 0 atom stereocenters. The highest BCUT2D eigenvalue weighted by Gasteiger charge is 2.54. The van der Waals surface area contributed by atoms with Gasteiger partial charge >= 0.3 is 14.8 Å². The Kier molecular flexibility index (Phi) is 6.46. The number of halogens is 2. The van der Waals surface area contributed by atoms with Gasteiger partial charge in [-0.2, -0.15) is 0 Å². The zero-order valence-electron chi connectivity index (χ0n) is 22.3. The third-order valence-electron chi connectivity index (χ3n) is 7.84. The highest BCUT2D eigenvalue weighted by atomic mass is 32.1. The summed E-state index contributed by atoms with van der Waals surface area (Å²) >= 11 is 1.93. The summed E-state index contributed by atoms with van der Waals surface area (Å²) in [6, 6.07) is 3.73. The first-order chi connectivity index (χ1) is 19.1. The van der Waals surface area contributed by atoms with Crippen LogP contribution in [0.1, 0.15) is 33.4 Å². The molecule has 2 aromatic heterocycles. The van der Waals surface area contributed by atoms with E-state index in [-0.39, 0.29) is 21.0 Å². The minimum absolute atomic E-state index is 0.0596. The zero-order chi connectivity index (χ0) is 28.9. The molecular weight excluding hydrogens is 564 g/mol. The maximum absolute atomic E-state index is 15.8. The molecule has 3 N–H and O–H groups in total. The van der Waals surface area contributed by atoms with Crippen LogP contribution in [0.2, 0.25) is 0 Å². The molecule has 0 saturated heterocycles. The van der Waals surface area contributed by atoms with Gasteiger partial charge in [-0.1, -0.05) is 11.3 Å². The first-order valence-electron chi connectivity index (χ1n) is 12.1. The maximum Gasteiger partial charge on any atom is 0.570 e. The average molecular weight is 587 g/mol. The molecule has 40 heavy (non-hydrogen) atoms. The van der Waals surface area contributed by atoms with Crippen LogP contribution < -0.4 is 9.43 Å². The number of hydrogen-bond acceptors (Lipinski definition) is 10. The van der Waals surface area contributed by atoms with Crippen molar-refractivity contribution >= 4 is 53.0 Å². The molecule has 207 valence electrons. The number of hydrogen-bond donors (Lipinski definition) is 3. The van der Waals surface area contributed by atoms with E-state index in [9.17, 15) is 10.0 Å². The number of thiophene rings is 2. The molecular formula is C26H23B2F2O8S2. The molecule has 14 heteroatoms. The average Bonchev–Trinajstić information content (AvgIpc) is 3.61. The standard InChI is InChI=1S/C26H23B2F2O8S2/c1-9-7-11-15(25(34-3,35-4)17-19(29)23(28(32)33)39-21(11)17)13-10(2)8-12-16(14(9)13)26(36-5,37-6)18-20(30)24(38-27-31)40-22(12)18/h7-8,31-33H,1-6H3. The van der Waals surface area contributed by atoms with Crippen molar-refractivity contribution in [2.24, 2.45) is 0 Å². The predicted octanol–water partition coefficient (Wildman–Crippen LogP) is 3.39. The smallest absolute Gasteiger partial charge is 0.528 e. The Morgan fingerprint density at radius 1 is 0.750 bits per heavy atom. The van der Waals surface area contributed by atoms with Crippen molar-refractivity contribution in [3.05, 3.63) is 57.1 Å². The molecule has 1 radical (unpaired) electrons. The van der Waals surface area contributed by atoms with Gasteiger partial charge in [-0.25, -0.2) is 8.78 Å². The summed E-state index contributed by atoms with van der Waals surface area (Å²) in [4.78, 5) is 0.982. The third-order valence-corrected chi connectivity index (χ3v) is 10.2. The van der Waals surface area contributed by atoms with Crippen molar-refractivity contribution in [1.82, 2.24) is 0 Å². The van der Waals surface area contributed by atoms with Gasteiger partial charge in [0.2, 0.25) is 11.6 Å². The van der Waals surface area contributed by atoms with Crippen molar-refractivity contribution in [2.45, 2.75) is 25.4 Å². The van der Waals surface area contributed by atoms with E-state index in [4.69, 9.17) is 28.6 Å². The van der Waals surface area contributed by atoms with Crippen LogP contribution in [-0.2, 0) is 30.5 Å². The van der Waals surface area contributed by atoms with Gasteiger partial charge in [0.1, 0.15) is 5.82 Å². The summed E-state index contributed by atoms with van der Waals surface area (Å²) in [5.74, 6) is -4.92. The lowest BCUT2D eigenvalue weighted by molar-refractivity contribution is -0.182. The molecule has 0 spiro atoms. The molecule has 2 aliphatic carbocycles. The summed E-state index contributed by atoms with van der Waals surface area (Å²) in [5, 5.41) is 30.0. The van der Waals surface area contributed by atoms with Crippen molar-refractivity contribution in [2.75, 3.05) is 28.4 Å². The Hall–Kier alpha value is -2.39. The quantitative estimate of drug-likeness (QED) is 0.223. The van der Waals surface area contributed by atoms with Crippen LogP contribution in [0.15, 0.2) is 12.1 Å². The van der Waals surface area contributed by atoms with E-state index >= 15 is 8.78 Å². The summed E-state index contributed by atoms with van der Waals surface area (Å²) < 4.78 is 60.1. The Balaban J connectivity index is 1.78. The van der Waals surface area contributed by atoms with Crippen LogP contribution in [0.3, 0.4) is 0 Å². The van der Waals surface area contributed by atoms with Crippen LogP contribution >= 0.6 is 22.7 Å². The molecule has 0 bridgehead atoms. The highest BCUT2D eigenvalue weighted by Crippen LogP contribution is 2.62. The molecule has 2 heterocycles. The zero-order valence-corrected chi connectivity index (χ0v) is 23.9. The Morgan fingerprint density at radius 2 is 1.20 bits per heavy atom. The van der Waals surface area contributed by atoms with Crippen molar-refractivity contribution in [3.63, 3.8) is 0 Å². The van der Waals surface area contributed by atoms with E-state index in [0.29, 0.717) is 50.5 Å². The third kappa shape index (κ3) is 3.14. The molecule has 4 aromatic rings. The number of ether oxygens (including phenoxy) is 4. The summed E-state index contributed by atoms with van der Waals surface area (Å²) in [7, 11) is 4.02. The van der Waals surface area contributed by atoms with Crippen LogP contribution in [0.4, 0.5) is 8.78 Å². The van der Waals surface area contributed by atoms with Gasteiger partial charge < -0.3 is 38.7 Å². The first kappa shape index (κ1) is 27.8. The normalized spacial score (nSPS) is 15.7. The molecule has 0 amide bonds. The van der Waals surface area contributed by atoms with Gasteiger partial charge in [-0.05, 0) is 47.9 Å². The molecule has 0 unspecified atom stereocenters. The molecule has 0 saturated carbocycles. The van der Waals surface area contributed by atoms with Crippen LogP contribution in [0, 0.1) is 25.5 Å². The molecule has 2 aromatic carbocycles. The van der Waals surface area contributed by atoms with E-state index in [2.05, 4.69) is 0 Å². The summed E-state index contributed by atoms with van der Waals surface area (Å²) in [5.41, 5.74) is 4.09. The number of methoxy groups -OCH3 is 4. The second kappa shape index (κ2) is 9.31. The van der Waals surface area contributed by atoms with E-state index in [0.717, 1.165) is 33.8 Å². The number of aryl methyl sites for hydroxylation is 2. The lowest BCUT2D eigenvalue weighted by Gasteiger charge is -2.33. The van der Waals surface area contributed by atoms with Gasteiger partial charge in [0.25, 0.3) is 0 Å². The lowest BCUT2D eigenvalue weighted by Crippen LogP contribution is -2.35. The van der Waals surface area contributed by atoms with Gasteiger partial charge in [0.05, 0.1) is 20.8 Å². The second-order valence-corrected chi connectivity index (χ2v) is 11.6. The lowest BCUT2D eigenvalue weighted by atomic mass is 9.84. The molecule has 6 rings (SSSR count). The number of benzene rings is 2. The van der Waals surface area contributed by atoms with E-state index in [1.807, 2.05) is 26.0 Å².